The van der Waals surface area contributed by atoms with Crippen LogP contribution in [0.5, 0.6) is 5.75 Å². The van der Waals surface area contributed by atoms with Crippen LogP contribution in [-0.4, -0.2) is 25.7 Å². The van der Waals surface area contributed by atoms with Gasteiger partial charge in [0.2, 0.25) is 0 Å². The minimum atomic E-state index is -0.422. The molecule has 3 N–H and O–H groups in total. The highest BCUT2D eigenvalue weighted by Gasteiger charge is 2.32. The number of thiophene rings is 1. The number of methoxy groups -OCH3 is 1. The lowest BCUT2D eigenvalue weighted by Crippen LogP contribution is -2.33. The van der Waals surface area contributed by atoms with Crippen LogP contribution in [0.15, 0.2) is 0 Å². The maximum atomic E-state index is 11.8. The van der Waals surface area contributed by atoms with E-state index in [4.69, 9.17) is 15.2 Å². The molecule has 1 aliphatic carbocycles. The second kappa shape index (κ2) is 6.13. The average Bonchev–Trinajstić information content (AvgIpc) is 2.70. The van der Waals surface area contributed by atoms with E-state index < -0.39 is 5.97 Å². The fraction of sp³-hybridized carbons (Fsp3) is 0.667. The SMILES string of the molecule is COC(=O)c1sc(NCC2(C)CCC2)c(OC(C)C)c1N. The fourth-order valence-corrected chi connectivity index (χ4v) is 3.36. The minimum absolute atomic E-state index is 0.00719. The molecule has 6 heteroatoms. The van der Waals surface area contributed by atoms with E-state index in [-0.39, 0.29) is 6.10 Å². The van der Waals surface area contributed by atoms with Crippen molar-refractivity contribution in [3.05, 3.63) is 4.88 Å². The monoisotopic (exact) mass is 312 g/mol. The summed E-state index contributed by atoms with van der Waals surface area (Å²) in [6.07, 6.45) is 3.73. The van der Waals surface area contributed by atoms with E-state index >= 15 is 0 Å². The highest BCUT2D eigenvalue weighted by Crippen LogP contribution is 2.46. The van der Waals surface area contributed by atoms with E-state index in [1.165, 1.54) is 37.7 Å². The van der Waals surface area contributed by atoms with Crippen LogP contribution >= 0.6 is 11.3 Å². The molecular formula is C15H24N2O3S. The lowest BCUT2D eigenvalue weighted by molar-refractivity contribution is 0.0607. The number of ether oxygens (including phenoxy) is 2. The molecule has 0 saturated heterocycles. The predicted molar refractivity (Wildman–Crippen MR) is 86.3 cm³/mol. The van der Waals surface area contributed by atoms with Crippen molar-refractivity contribution in [1.82, 2.24) is 0 Å². The van der Waals surface area contributed by atoms with E-state index in [9.17, 15) is 4.79 Å². The first kappa shape index (κ1) is 15.9. The van der Waals surface area contributed by atoms with Crippen LogP contribution < -0.4 is 15.8 Å². The Bertz CT molecular complexity index is 521. The molecule has 0 bridgehead atoms. The molecule has 0 unspecified atom stereocenters. The van der Waals surface area contributed by atoms with Gasteiger partial charge in [-0.1, -0.05) is 13.3 Å². The molecule has 1 saturated carbocycles. The van der Waals surface area contributed by atoms with E-state index in [0.717, 1.165) is 11.5 Å². The third-order valence-electron chi connectivity index (χ3n) is 3.86. The van der Waals surface area contributed by atoms with Gasteiger partial charge in [-0.25, -0.2) is 4.79 Å². The molecule has 0 amide bonds. The van der Waals surface area contributed by atoms with Crippen molar-refractivity contribution in [1.29, 1.82) is 0 Å². The van der Waals surface area contributed by atoms with Gasteiger partial charge in [-0.2, -0.15) is 0 Å². The average molecular weight is 312 g/mol. The number of anilines is 2. The van der Waals surface area contributed by atoms with Gasteiger partial charge < -0.3 is 20.5 Å². The van der Waals surface area contributed by atoms with E-state index in [1.807, 2.05) is 13.8 Å². The maximum absolute atomic E-state index is 11.8. The molecule has 5 nitrogen and oxygen atoms in total. The summed E-state index contributed by atoms with van der Waals surface area (Å²) in [5.74, 6) is 0.146. The number of rotatable bonds is 6. The molecule has 1 aliphatic rings. The van der Waals surface area contributed by atoms with Crippen LogP contribution in [0.1, 0.15) is 49.7 Å². The molecule has 0 aliphatic heterocycles. The molecular weight excluding hydrogens is 288 g/mol. The van der Waals surface area contributed by atoms with Gasteiger partial charge in [-0.3, -0.25) is 0 Å². The Hall–Kier alpha value is -1.43. The van der Waals surface area contributed by atoms with Gasteiger partial charge in [0.25, 0.3) is 0 Å². The smallest absolute Gasteiger partial charge is 0.350 e. The highest BCUT2D eigenvalue weighted by molar-refractivity contribution is 7.19. The van der Waals surface area contributed by atoms with Gasteiger partial charge in [0.05, 0.1) is 13.2 Å². The van der Waals surface area contributed by atoms with Crippen LogP contribution in [0.3, 0.4) is 0 Å². The molecule has 0 aromatic carbocycles. The second-order valence-electron chi connectivity index (χ2n) is 6.18. The van der Waals surface area contributed by atoms with Crippen LogP contribution in [0.4, 0.5) is 10.7 Å². The predicted octanol–water partition coefficient (Wildman–Crippen LogP) is 3.51. The fourth-order valence-electron chi connectivity index (χ4n) is 2.39. The number of esters is 1. The normalized spacial score (nSPS) is 16.4. The number of carbonyl (C=O) groups is 1. The van der Waals surface area contributed by atoms with E-state index in [1.54, 1.807) is 0 Å². The Morgan fingerprint density at radius 1 is 1.48 bits per heavy atom. The summed E-state index contributed by atoms with van der Waals surface area (Å²) in [6, 6.07) is 0. The van der Waals surface area contributed by atoms with Crippen molar-refractivity contribution in [3.8, 4) is 5.75 Å². The van der Waals surface area contributed by atoms with Crippen LogP contribution in [-0.2, 0) is 4.74 Å². The number of nitrogens with one attached hydrogen (secondary N) is 1. The summed E-state index contributed by atoms with van der Waals surface area (Å²) in [7, 11) is 1.35. The summed E-state index contributed by atoms with van der Waals surface area (Å²) >= 11 is 1.30. The Morgan fingerprint density at radius 3 is 2.62 bits per heavy atom. The molecule has 0 radical (unpaired) electrons. The lowest BCUT2D eigenvalue weighted by Gasteiger charge is -2.38. The number of nitrogens with two attached hydrogens (primary N) is 1. The summed E-state index contributed by atoms with van der Waals surface area (Å²) in [5, 5.41) is 4.22. The van der Waals surface area contributed by atoms with Crippen molar-refractivity contribution in [3.63, 3.8) is 0 Å². The number of hydrogen-bond acceptors (Lipinski definition) is 6. The Labute approximate surface area is 129 Å². The van der Waals surface area contributed by atoms with Crippen molar-refractivity contribution >= 4 is 28.0 Å². The van der Waals surface area contributed by atoms with Crippen LogP contribution in [0.25, 0.3) is 0 Å². The summed E-state index contributed by atoms with van der Waals surface area (Å²) in [5.41, 5.74) is 6.75. The van der Waals surface area contributed by atoms with Gasteiger partial charge in [-0.15, -0.1) is 11.3 Å². The number of carbonyl (C=O) groups excluding carboxylic acids is 1. The first-order valence-electron chi connectivity index (χ1n) is 7.27. The lowest BCUT2D eigenvalue weighted by atomic mass is 9.70. The Balaban J connectivity index is 2.22. The van der Waals surface area contributed by atoms with Crippen molar-refractivity contribution < 1.29 is 14.3 Å². The number of hydrogen-bond donors (Lipinski definition) is 2. The zero-order valence-electron chi connectivity index (χ0n) is 13.1. The molecule has 118 valence electrons. The summed E-state index contributed by atoms with van der Waals surface area (Å²) in [4.78, 5) is 12.2. The minimum Gasteiger partial charge on any atom is -0.486 e. The van der Waals surface area contributed by atoms with Gasteiger partial charge in [0.1, 0.15) is 15.6 Å². The second-order valence-corrected chi connectivity index (χ2v) is 7.20. The maximum Gasteiger partial charge on any atom is 0.350 e. The van der Waals surface area contributed by atoms with Crippen LogP contribution in [0.2, 0.25) is 0 Å². The molecule has 0 atom stereocenters. The summed E-state index contributed by atoms with van der Waals surface area (Å²) < 4.78 is 10.6. The third kappa shape index (κ3) is 3.43. The third-order valence-corrected chi connectivity index (χ3v) is 4.98. The van der Waals surface area contributed by atoms with Crippen LogP contribution in [0, 0.1) is 5.41 Å². The Kier molecular flexibility index (Phi) is 4.66. The van der Waals surface area contributed by atoms with E-state index in [0.29, 0.717) is 21.7 Å². The van der Waals surface area contributed by atoms with Crippen molar-refractivity contribution in [2.75, 3.05) is 24.7 Å². The molecule has 1 fully saturated rings. The summed E-state index contributed by atoms with van der Waals surface area (Å²) in [6.45, 7) is 7.00. The first-order valence-corrected chi connectivity index (χ1v) is 8.09. The van der Waals surface area contributed by atoms with Crippen molar-refractivity contribution in [2.45, 2.75) is 46.1 Å². The molecule has 21 heavy (non-hydrogen) atoms. The highest BCUT2D eigenvalue weighted by atomic mass is 32.1. The first-order chi connectivity index (χ1) is 9.86. The largest absolute Gasteiger partial charge is 0.486 e. The molecule has 2 rings (SSSR count). The standard InChI is InChI=1S/C15H24N2O3S/c1-9(2)20-11-10(16)12(14(18)19-4)21-13(11)17-8-15(3)6-5-7-15/h9,17H,5-8,16H2,1-4H3. The topological polar surface area (TPSA) is 73.6 Å². The van der Waals surface area contributed by atoms with Gasteiger partial charge in [-0.05, 0) is 32.1 Å². The van der Waals surface area contributed by atoms with Crippen molar-refractivity contribution in [2.24, 2.45) is 5.41 Å². The van der Waals surface area contributed by atoms with E-state index in [2.05, 4.69) is 12.2 Å². The van der Waals surface area contributed by atoms with Gasteiger partial charge >= 0.3 is 5.97 Å². The quantitative estimate of drug-likeness (QED) is 0.786. The van der Waals surface area contributed by atoms with Gasteiger partial charge in [0, 0.05) is 6.54 Å². The molecule has 1 aromatic heterocycles. The Morgan fingerprint density at radius 2 is 2.14 bits per heavy atom. The van der Waals surface area contributed by atoms with Gasteiger partial charge in [0.15, 0.2) is 5.75 Å². The number of nitrogen functional groups attached to an aromatic ring is 1. The molecule has 1 aromatic rings. The molecule has 0 spiro atoms. The zero-order chi connectivity index (χ0) is 15.6. The zero-order valence-corrected chi connectivity index (χ0v) is 13.9. The molecule has 1 heterocycles.